The molecule has 0 fully saturated rings. The first-order chi connectivity index (χ1) is 5.73. The molecule has 1 radical (unpaired) electrons. The van der Waals surface area contributed by atoms with Crippen molar-refractivity contribution in [1.82, 2.24) is 0 Å². The van der Waals surface area contributed by atoms with Gasteiger partial charge in [-0.1, -0.05) is 38.1 Å². The molecule has 1 N–H and O–H groups in total. The van der Waals surface area contributed by atoms with Crippen LogP contribution in [-0.4, -0.2) is 5.11 Å². The van der Waals surface area contributed by atoms with E-state index in [1.165, 1.54) is 0 Å². The Kier molecular flexibility index (Phi) is 2.88. The number of aliphatic hydroxyl groups is 1. The molecule has 12 heavy (non-hydrogen) atoms. The first kappa shape index (κ1) is 9.27. The zero-order valence-electron chi connectivity index (χ0n) is 7.67. The number of rotatable bonds is 3. The van der Waals surface area contributed by atoms with Crippen LogP contribution in [0, 0.1) is 6.07 Å². The van der Waals surface area contributed by atoms with Crippen LogP contribution in [-0.2, 0) is 5.60 Å². The quantitative estimate of drug-likeness (QED) is 0.725. The molecule has 0 spiro atoms. The van der Waals surface area contributed by atoms with Crippen LogP contribution in [0.2, 0.25) is 0 Å². The Bertz CT molecular complexity index is 224. The first-order valence-electron chi connectivity index (χ1n) is 4.42. The van der Waals surface area contributed by atoms with Gasteiger partial charge in [0, 0.05) is 0 Å². The van der Waals surface area contributed by atoms with E-state index in [9.17, 15) is 5.11 Å². The molecule has 0 amide bonds. The fourth-order valence-corrected chi connectivity index (χ4v) is 1.36. The van der Waals surface area contributed by atoms with Gasteiger partial charge < -0.3 is 5.11 Å². The summed E-state index contributed by atoms with van der Waals surface area (Å²) in [7, 11) is 0. The van der Waals surface area contributed by atoms with Crippen LogP contribution in [0.5, 0.6) is 0 Å². The average molecular weight is 163 g/mol. The lowest BCUT2D eigenvalue weighted by molar-refractivity contribution is 0.0284. The van der Waals surface area contributed by atoms with Crippen LogP contribution in [0.4, 0.5) is 0 Å². The monoisotopic (exact) mass is 163 g/mol. The van der Waals surface area contributed by atoms with Crippen LogP contribution >= 0.6 is 0 Å². The summed E-state index contributed by atoms with van der Waals surface area (Å²) < 4.78 is 0. The summed E-state index contributed by atoms with van der Waals surface area (Å²) in [5.74, 6) is 0. The van der Waals surface area contributed by atoms with Crippen LogP contribution < -0.4 is 0 Å². The molecule has 0 saturated carbocycles. The molecular formula is C11H15O. The van der Waals surface area contributed by atoms with Crippen LogP contribution in [0.1, 0.15) is 32.3 Å². The summed E-state index contributed by atoms with van der Waals surface area (Å²) in [5, 5.41) is 10.1. The minimum absolute atomic E-state index is 0.644. The molecule has 1 rings (SSSR count). The van der Waals surface area contributed by atoms with Crippen molar-refractivity contribution in [2.75, 3.05) is 0 Å². The summed E-state index contributed by atoms with van der Waals surface area (Å²) in [6.07, 6.45) is 1.51. The Hall–Kier alpha value is -0.820. The van der Waals surface area contributed by atoms with Gasteiger partial charge in [-0.25, -0.2) is 0 Å². The topological polar surface area (TPSA) is 20.2 Å². The number of hydrogen-bond donors (Lipinski definition) is 1. The summed E-state index contributed by atoms with van der Waals surface area (Å²) in [4.78, 5) is 0. The second-order valence-electron chi connectivity index (χ2n) is 3.03. The van der Waals surface area contributed by atoms with Crippen molar-refractivity contribution in [2.45, 2.75) is 32.3 Å². The fourth-order valence-electron chi connectivity index (χ4n) is 1.36. The van der Waals surface area contributed by atoms with E-state index in [1.807, 2.05) is 38.1 Å². The van der Waals surface area contributed by atoms with E-state index in [0.717, 1.165) is 18.4 Å². The molecule has 1 heteroatoms. The Morgan fingerprint density at radius 2 is 1.75 bits per heavy atom. The van der Waals surface area contributed by atoms with Gasteiger partial charge in [0.2, 0.25) is 0 Å². The van der Waals surface area contributed by atoms with Crippen molar-refractivity contribution in [2.24, 2.45) is 0 Å². The SMILES string of the molecule is CCC(O)(CC)c1cc[c]cc1. The fraction of sp³-hybridized carbons (Fsp3) is 0.455. The van der Waals surface area contributed by atoms with E-state index in [0.29, 0.717) is 0 Å². The Morgan fingerprint density at radius 1 is 1.25 bits per heavy atom. The van der Waals surface area contributed by atoms with Gasteiger partial charge in [0.15, 0.2) is 0 Å². The molecule has 1 nitrogen and oxygen atoms in total. The van der Waals surface area contributed by atoms with E-state index in [-0.39, 0.29) is 0 Å². The number of benzene rings is 1. The smallest absolute Gasteiger partial charge is 0.0891 e. The van der Waals surface area contributed by atoms with Crippen molar-refractivity contribution < 1.29 is 5.11 Å². The highest BCUT2D eigenvalue weighted by Gasteiger charge is 2.23. The second kappa shape index (κ2) is 3.72. The van der Waals surface area contributed by atoms with Crippen LogP contribution in [0.15, 0.2) is 24.3 Å². The van der Waals surface area contributed by atoms with E-state index in [4.69, 9.17) is 0 Å². The van der Waals surface area contributed by atoms with Gasteiger partial charge in [0.05, 0.1) is 5.60 Å². The molecule has 1 aromatic carbocycles. The third-order valence-electron chi connectivity index (χ3n) is 2.43. The molecule has 0 aliphatic rings. The summed E-state index contributed by atoms with van der Waals surface area (Å²) in [6.45, 7) is 4.00. The Balaban J connectivity index is 2.95. The molecule has 0 saturated heterocycles. The molecule has 0 heterocycles. The van der Waals surface area contributed by atoms with Crippen LogP contribution in [0.25, 0.3) is 0 Å². The molecule has 65 valence electrons. The zero-order chi connectivity index (χ0) is 9.03. The predicted molar refractivity (Wildman–Crippen MR) is 49.8 cm³/mol. The van der Waals surface area contributed by atoms with Crippen molar-refractivity contribution in [3.63, 3.8) is 0 Å². The van der Waals surface area contributed by atoms with E-state index in [1.54, 1.807) is 0 Å². The molecule has 0 aromatic heterocycles. The average Bonchev–Trinajstić information content (AvgIpc) is 2.18. The summed E-state index contributed by atoms with van der Waals surface area (Å²) >= 11 is 0. The molecule has 0 bridgehead atoms. The lowest BCUT2D eigenvalue weighted by Gasteiger charge is -2.25. The molecule has 0 unspecified atom stereocenters. The highest BCUT2D eigenvalue weighted by Crippen LogP contribution is 2.27. The molecule has 1 aromatic rings. The molecule has 0 aliphatic carbocycles. The van der Waals surface area contributed by atoms with Crippen molar-refractivity contribution in [1.29, 1.82) is 0 Å². The zero-order valence-corrected chi connectivity index (χ0v) is 7.67. The maximum absolute atomic E-state index is 10.1. The second-order valence-corrected chi connectivity index (χ2v) is 3.03. The van der Waals surface area contributed by atoms with Gasteiger partial charge >= 0.3 is 0 Å². The Morgan fingerprint density at radius 3 is 2.17 bits per heavy atom. The van der Waals surface area contributed by atoms with Crippen LogP contribution in [0.3, 0.4) is 0 Å². The minimum atomic E-state index is -0.644. The summed E-state index contributed by atoms with van der Waals surface area (Å²) in [5.41, 5.74) is 0.348. The molecule has 0 atom stereocenters. The largest absolute Gasteiger partial charge is 0.385 e. The highest BCUT2D eigenvalue weighted by molar-refractivity contribution is 5.21. The first-order valence-corrected chi connectivity index (χ1v) is 4.42. The Labute approximate surface area is 74.1 Å². The van der Waals surface area contributed by atoms with Gasteiger partial charge in [-0.2, -0.15) is 0 Å². The lowest BCUT2D eigenvalue weighted by atomic mass is 9.89. The van der Waals surface area contributed by atoms with Gasteiger partial charge in [0.1, 0.15) is 0 Å². The van der Waals surface area contributed by atoms with Gasteiger partial charge in [-0.3, -0.25) is 0 Å². The maximum Gasteiger partial charge on any atom is 0.0891 e. The highest BCUT2D eigenvalue weighted by atomic mass is 16.3. The molecular weight excluding hydrogens is 148 g/mol. The predicted octanol–water partition coefficient (Wildman–Crippen LogP) is 2.49. The summed E-state index contributed by atoms with van der Waals surface area (Å²) in [6, 6.07) is 10.5. The third kappa shape index (κ3) is 1.67. The number of hydrogen-bond acceptors (Lipinski definition) is 1. The van der Waals surface area contributed by atoms with Gasteiger partial charge in [-0.15, -0.1) is 0 Å². The van der Waals surface area contributed by atoms with E-state index < -0.39 is 5.60 Å². The maximum atomic E-state index is 10.1. The van der Waals surface area contributed by atoms with Crippen molar-refractivity contribution >= 4 is 0 Å². The lowest BCUT2D eigenvalue weighted by Crippen LogP contribution is -2.23. The van der Waals surface area contributed by atoms with Crippen molar-refractivity contribution in [3.05, 3.63) is 35.9 Å². The van der Waals surface area contributed by atoms with Gasteiger partial charge in [-0.05, 0) is 24.5 Å². The standard InChI is InChI=1S/C11H15O/c1-3-11(12,4-2)10-8-6-5-7-9-10/h6-9,12H,3-4H2,1-2H3. The third-order valence-corrected chi connectivity index (χ3v) is 2.43. The normalized spacial score (nSPS) is 11.6. The van der Waals surface area contributed by atoms with E-state index >= 15 is 0 Å². The van der Waals surface area contributed by atoms with Crippen molar-refractivity contribution in [3.8, 4) is 0 Å². The van der Waals surface area contributed by atoms with Gasteiger partial charge in [0.25, 0.3) is 0 Å². The van der Waals surface area contributed by atoms with E-state index in [2.05, 4.69) is 6.07 Å². The minimum Gasteiger partial charge on any atom is -0.385 e. The molecule has 0 aliphatic heterocycles.